The molecule has 0 fully saturated rings. The second-order valence-corrected chi connectivity index (χ2v) is 4.06. The van der Waals surface area contributed by atoms with Crippen molar-refractivity contribution >= 4 is 23.1 Å². The zero-order valence-corrected chi connectivity index (χ0v) is 10.6. The molecule has 4 heteroatoms. The smallest absolute Gasteiger partial charge is 0.224 e. The lowest BCUT2D eigenvalue weighted by Gasteiger charge is -2.23. The Bertz CT molecular complexity index is 499. The highest BCUT2D eigenvalue weighted by Gasteiger charge is 2.12. The van der Waals surface area contributed by atoms with Crippen LogP contribution >= 0.6 is 11.6 Å². The van der Waals surface area contributed by atoms with E-state index in [2.05, 4.69) is 33.9 Å². The number of halogens is 1. The average molecular weight is 248 g/mol. The van der Waals surface area contributed by atoms with Crippen LogP contribution in [0.3, 0.4) is 0 Å². The standard InChI is InChI=1S/C13H14ClN3/c1-3-17(11-7-5-4-6-8-11)12-10(2)9-15-13(14)16-12/h4-9H,3H2,1-2H3. The molecule has 2 rings (SSSR count). The summed E-state index contributed by atoms with van der Waals surface area (Å²) in [5, 5.41) is 0.278. The fourth-order valence-corrected chi connectivity index (χ4v) is 1.88. The Morgan fingerprint density at radius 3 is 2.59 bits per heavy atom. The summed E-state index contributed by atoms with van der Waals surface area (Å²) < 4.78 is 0. The van der Waals surface area contributed by atoms with Crippen LogP contribution in [0.15, 0.2) is 36.5 Å². The topological polar surface area (TPSA) is 29.0 Å². The number of anilines is 2. The third kappa shape index (κ3) is 2.56. The van der Waals surface area contributed by atoms with Crippen molar-refractivity contribution in [3.63, 3.8) is 0 Å². The first-order chi connectivity index (χ1) is 8.22. The van der Waals surface area contributed by atoms with Gasteiger partial charge in [0.05, 0.1) is 0 Å². The van der Waals surface area contributed by atoms with Crippen molar-refractivity contribution in [2.75, 3.05) is 11.4 Å². The Hall–Kier alpha value is -1.61. The van der Waals surface area contributed by atoms with E-state index in [9.17, 15) is 0 Å². The van der Waals surface area contributed by atoms with Gasteiger partial charge in [-0.25, -0.2) is 4.98 Å². The molecule has 0 atom stereocenters. The number of hydrogen-bond acceptors (Lipinski definition) is 3. The fraction of sp³-hybridized carbons (Fsp3) is 0.231. The van der Waals surface area contributed by atoms with Crippen molar-refractivity contribution in [1.82, 2.24) is 9.97 Å². The van der Waals surface area contributed by atoms with Crippen molar-refractivity contribution in [2.45, 2.75) is 13.8 Å². The molecule has 0 aliphatic heterocycles. The van der Waals surface area contributed by atoms with Gasteiger partial charge in [0.15, 0.2) is 0 Å². The molecule has 88 valence electrons. The monoisotopic (exact) mass is 247 g/mol. The summed E-state index contributed by atoms with van der Waals surface area (Å²) in [6, 6.07) is 10.1. The fourth-order valence-electron chi connectivity index (χ4n) is 1.75. The Morgan fingerprint density at radius 2 is 1.94 bits per heavy atom. The second kappa shape index (κ2) is 5.15. The molecule has 0 amide bonds. The van der Waals surface area contributed by atoms with Gasteiger partial charge in [0.1, 0.15) is 5.82 Å². The summed E-state index contributed by atoms with van der Waals surface area (Å²) in [6.07, 6.45) is 1.75. The summed E-state index contributed by atoms with van der Waals surface area (Å²) in [5.41, 5.74) is 2.12. The van der Waals surface area contributed by atoms with Gasteiger partial charge < -0.3 is 4.90 Å². The maximum absolute atomic E-state index is 5.86. The third-order valence-electron chi connectivity index (χ3n) is 2.56. The minimum atomic E-state index is 0.278. The van der Waals surface area contributed by atoms with Crippen LogP contribution in [0.4, 0.5) is 11.5 Å². The van der Waals surface area contributed by atoms with Gasteiger partial charge in [0.2, 0.25) is 5.28 Å². The van der Waals surface area contributed by atoms with E-state index in [1.807, 2.05) is 25.1 Å². The average Bonchev–Trinajstić information content (AvgIpc) is 2.36. The van der Waals surface area contributed by atoms with E-state index in [0.717, 1.165) is 23.6 Å². The van der Waals surface area contributed by atoms with E-state index in [0.29, 0.717) is 0 Å². The molecule has 17 heavy (non-hydrogen) atoms. The lowest BCUT2D eigenvalue weighted by atomic mass is 10.2. The largest absolute Gasteiger partial charge is 0.326 e. The highest BCUT2D eigenvalue weighted by Crippen LogP contribution is 2.26. The van der Waals surface area contributed by atoms with Crippen LogP contribution in [-0.4, -0.2) is 16.5 Å². The predicted molar refractivity (Wildman–Crippen MR) is 70.9 cm³/mol. The molecular formula is C13H14ClN3. The highest BCUT2D eigenvalue weighted by molar-refractivity contribution is 6.28. The number of para-hydroxylation sites is 1. The second-order valence-electron chi connectivity index (χ2n) is 3.73. The number of hydrogen-bond donors (Lipinski definition) is 0. The van der Waals surface area contributed by atoms with E-state index in [-0.39, 0.29) is 5.28 Å². The van der Waals surface area contributed by atoms with Crippen LogP contribution in [-0.2, 0) is 0 Å². The molecule has 0 radical (unpaired) electrons. The van der Waals surface area contributed by atoms with Crippen LogP contribution in [0.5, 0.6) is 0 Å². The number of aromatic nitrogens is 2. The Labute approximate surface area is 106 Å². The maximum atomic E-state index is 5.86. The van der Waals surface area contributed by atoms with Crippen LogP contribution in [0.25, 0.3) is 0 Å². The maximum Gasteiger partial charge on any atom is 0.224 e. The first-order valence-corrected chi connectivity index (χ1v) is 5.92. The van der Waals surface area contributed by atoms with E-state index in [1.165, 1.54) is 0 Å². The zero-order valence-electron chi connectivity index (χ0n) is 9.89. The predicted octanol–water partition coefficient (Wildman–Crippen LogP) is 3.60. The number of aryl methyl sites for hydroxylation is 1. The van der Waals surface area contributed by atoms with Gasteiger partial charge in [0, 0.05) is 24.0 Å². The molecule has 0 unspecified atom stereocenters. The summed E-state index contributed by atoms with van der Waals surface area (Å²) in [5.74, 6) is 0.860. The lowest BCUT2D eigenvalue weighted by molar-refractivity contribution is 0.962. The molecule has 1 aromatic heterocycles. The summed E-state index contributed by atoms with van der Waals surface area (Å²) in [6.45, 7) is 4.90. The van der Waals surface area contributed by atoms with Gasteiger partial charge in [-0.15, -0.1) is 0 Å². The Kier molecular flexibility index (Phi) is 3.59. The van der Waals surface area contributed by atoms with E-state index < -0.39 is 0 Å². The molecule has 2 aromatic rings. The minimum Gasteiger partial charge on any atom is -0.326 e. The van der Waals surface area contributed by atoms with Crippen LogP contribution in [0.1, 0.15) is 12.5 Å². The number of nitrogens with zero attached hydrogens (tertiary/aromatic N) is 3. The molecule has 0 bridgehead atoms. The van der Waals surface area contributed by atoms with Crippen molar-refractivity contribution in [3.05, 3.63) is 47.4 Å². The van der Waals surface area contributed by atoms with Gasteiger partial charge >= 0.3 is 0 Å². The minimum absolute atomic E-state index is 0.278. The summed E-state index contributed by atoms with van der Waals surface area (Å²) >= 11 is 5.86. The summed E-state index contributed by atoms with van der Waals surface area (Å²) in [7, 11) is 0. The van der Waals surface area contributed by atoms with Crippen molar-refractivity contribution < 1.29 is 0 Å². The first kappa shape index (κ1) is 11.9. The van der Waals surface area contributed by atoms with Crippen LogP contribution in [0, 0.1) is 6.92 Å². The molecule has 0 aliphatic carbocycles. The van der Waals surface area contributed by atoms with Crippen LogP contribution in [0.2, 0.25) is 5.28 Å². The van der Waals surface area contributed by atoms with Gasteiger partial charge in [-0.3, -0.25) is 0 Å². The van der Waals surface area contributed by atoms with E-state index >= 15 is 0 Å². The lowest BCUT2D eigenvalue weighted by Crippen LogP contribution is -2.18. The van der Waals surface area contributed by atoms with Gasteiger partial charge in [-0.05, 0) is 37.6 Å². The number of rotatable bonds is 3. The van der Waals surface area contributed by atoms with Crippen LogP contribution < -0.4 is 4.90 Å². The van der Waals surface area contributed by atoms with E-state index in [4.69, 9.17) is 11.6 Å². The molecule has 1 aromatic carbocycles. The molecule has 1 heterocycles. The zero-order chi connectivity index (χ0) is 12.3. The molecule has 0 N–H and O–H groups in total. The van der Waals surface area contributed by atoms with Crippen molar-refractivity contribution in [2.24, 2.45) is 0 Å². The molecule has 0 spiro atoms. The molecule has 0 saturated heterocycles. The van der Waals surface area contributed by atoms with Crippen molar-refractivity contribution in [3.8, 4) is 0 Å². The molecule has 0 saturated carbocycles. The third-order valence-corrected chi connectivity index (χ3v) is 2.74. The quantitative estimate of drug-likeness (QED) is 0.776. The molecule has 3 nitrogen and oxygen atoms in total. The van der Waals surface area contributed by atoms with E-state index in [1.54, 1.807) is 6.20 Å². The van der Waals surface area contributed by atoms with Crippen molar-refractivity contribution in [1.29, 1.82) is 0 Å². The number of benzene rings is 1. The summed E-state index contributed by atoms with van der Waals surface area (Å²) in [4.78, 5) is 10.4. The SMILES string of the molecule is CCN(c1ccccc1)c1nc(Cl)ncc1C. The normalized spacial score (nSPS) is 10.3. The molecular weight excluding hydrogens is 234 g/mol. The Morgan fingerprint density at radius 1 is 1.24 bits per heavy atom. The first-order valence-electron chi connectivity index (χ1n) is 5.54. The van der Waals surface area contributed by atoms with Gasteiger partial charge in [-0.1, -0.05) is 18.2 Å². The van der Waals surface area contributed by atoms with Gasteiger partial charge in [0.25, 0.3) is 0 Å². The molecule has 0 aliphatic rings. The highest BCUT2D eigenvalue weighted by atomic mass is 35.5. The Balaban J connectivity index is 2.46. The van der Waals surface area contributed by atoms with Gasteiger partial charge in [-0.2, -0.15) is 4.98 Å².